The second-order valence-electron chi connectivity index (χ2n) is 8.20. The Morgan fingerprint density at radius 2 is 1.68 bits per heavy atom. The maximum absolute atomic E-state index is 12.7. The molecule has 0 aromatic carbocycles. The second-order valence-corrected chi connectivity index (χ2v) is 8.20. The lowest BCUT2D eigenvalue weighted by atomic mass is 10.2. The van der Waals surface area contributed by atoms with Crippen molar-refractivity contribution in [3.8, 4) is 0 Å². The first-order valence-electron chi connectivity index (χ1n) is 11.2. The Balaban J connectivity index is 1.83. The van der Waals surface area contributed by atoms with E-state index in [0.717, 1.165) is 84.1 Å². The number of aliphatic imine (C=N–C) groups is 1. The molecule has 0 saturated carbocycles. The average molecular weight is 395 g/mol. The van der Waals surface area contributed by atoms with Gasteiger partial charge >= 0.3 is 0 Å². The fraction of sp³-hybridized carbons (Fsp3) is 0.905. The van der Waals surface area contributed by atoms with Gasteiger partial charge in [-0.1, -0.05) is 6.92 Å². The number of rotatable bonds is 8. The summed E-state index contributed by atoms with van der Waals surface area (Å²) in [6.07, 6.45) is 3.47. The third-order valence-corrected chi connectivity index (χ3v) is 6.33. The number of hydrogen-bond acceptors (Lipinski definition) is 4. The molecule has 28 heavy (non-hydrogen) atoms. The molecule has 162 valence electrons. The van der Waals surface area contributed by atoms with Crippen LogP contribution in [0.15, 0.2) is 4.99 Å². The van der Waals surface area contributed by atoms with Gasteiger partial charge in [0.15, 0.2) is 5.96 Å². The molecule has 2 saturated heterocycles. The summed E-state index contributed by atoms with van der Waals surface area (Å²) in [6, 6.07) is 0.583. The lowest BCUT2D eigenvalue weighted by Crippen LogP contribution is -2.57. The number of nitrogens with zero attached hydrogens (tertiary/aromatic N) is 5. The second kappa shape index (κ2) is 11.6. The van der Waals surface area contributed by atoms with Gasteiger partial charge in [0.05, 0.1) is 12.6 Å². The van der Waals surface area contributed by atoms with E-state index in [0.29, 0.717) is 11.9 Å². The summed E-state index contributed by atoms with van der Waals surface area (Å²) in [5.74, 6) is 1.32. The molecule has 2 aliphatic rings. The number of piperazine rings is 1. The van der Waals surface area contributed by atoms with Crippen molar-refractivity contribution in [2.45, 2.75) is 59.0 Å². The Labute approximate surface area is 172 Å². The van der Waals surface area contributed by atoms with Crippen molar-refractivity contribution in [1.29, 1.82) is 0 Å². The minimum absolute atomic E-state index is 0.0102. The normalized spacial score (nSPS) is 21.3. The van der Waals surface area contributed by atoms with Crippen molar-refractivity contribution in [3.05, 3.63) is 0 Å². The van der Waals surface area contributed by atoms with E-state index in [1.165, 1.54) is 0 Å². The predicted octanol–water partition coefficient (Wildman–Crippen LogP) is 1.31. The first-order valence-corrected chi connectivity index (χ1v) is 11.2. The molecule has 2 fully saturated rings. The van der Waals surface area contributed by atoms with Crippen LogP contribution in [-0.2, 0) is 4.79 Å². The Bertz CT molecular complexity index is 497. The van der Waals surface area contributed by atoms with Gasteiger partial charge in [-0.25, -0.2) is 0 Å². The molecule has 2 atom stereocenters. The van der Waals surface area contributed by atoms with Crippen molar-refractivity contribution >= 4 is 11.9 Å². The summed E-state index contributed by atoms with van der Waals surface area (Å²) in [5.41, 5.74) is 0. The first kappa shape index (κ1) is 22.9. The van der Waals surface area contributed by atoms with E-state index in [1.54, 1.807) is 0 Å². The first-order chi connectivity index (χ1) is 13.5. The number of likely N-dealkylation sites (N-methyl/N-ethyl adjacent to an activating group) is 1. The van der Waals surface area contributed by atoms with Gasteiger partial charge in [0.25, 0.3) is 0 Å². The molecule has 1 N–H and O–H groups in total. The minimum atomic E-state index is -0.0102. The number of carbonyl (C=O) groups excluding carboxylic acids is 1. The van der Waals surface area contributed by atoms with Crippen LogP contribution in [0.2, 0.25) is 0 Å². The number of amides is 1. The van der Waals surface area contributed by atoms with Crippen molar-refractivity contribution in [1.82, 2.24) is 24.9 Å². The topological polar surface area (TPSA) is 54.4 Å². The number of carbonyl (C=O) groups is 1. The summed E-state index contributed by atoms with van der Waals surface area (Å²) in [6.45, 7) is 16.9. The van der Waals surface area contributed by atoms with Gasteiger partial charge in [-0.05, 0) is 47.1 Å². The van der Waals surface area contributed by atoms with E-state index in [4.69, 9.17) is 4.99 Å². The quantitative estimate of drug-likeness (QED) is 0.497. The standard InChI is InChI=1S/C21H42N6O/c1-6-18(3)24(5)13-10-23-21(22-7-2)27-16-14-25(15-17-27)19(4)20(28)26-11-8-9-12-26/h18-19H,6-17H2,1-5H3,(H,22,23). The van der Waals surface area contributed by atoms with Gasteiger partial charge in [0.2, 0.25) is 5.91 Å². The number of likely N-dealkylation sites (tertiary alicyclic amines) is 1. The van der Waals surface area contributed by atoms with Crippen LogP contribution >= 0.6 is 0 Å². The van der Waals surface area contributed by atoms with Crippen molar-refractivity contribution in [3.63, 3.8) is 0 Å². The molecule has 0 aromatic heterocycles. The molecule has 2 unspecified atom stereocenters. The molecule has 2 aliphatic heterocycles. The predicted molar refractivity (Wildman–Crippen MR) is 117 cm³/mol. The number of hydrogen-bond donors (Lipinski definition) is 1. The summed E-state index contributed by atoms with van der Waals surface area (Å²) >= 11 is 0. The smallest absolute Gasteiger partial charge is 0.239 e. The van der Waals surface area contributed by atoms with E-state index in [9.17, 15) is 4.79 Å². The van der Waals surface area contributed by atoms with Crippen LogP contribution in [0, 0.1) is 0 Å². The van der Waals surface area contributed by atoms with E-state index < -0.39 is 0 Å². The molecule has 0 bridgehead atoms. The summed E-state index contributed by atoms with van der Waals surface area (Å²) in [4.78, 5) is 26.6. The van der Waals surface area contributed by atoms with E-state index in [1.807, 2.05) is 4.90 Å². The molecular weight excluding hydrogens is 352 g/mol. The van der Waals surface area contributed by atoms with Crippen LogP contribution in [0.3, 0.4) is 0 Å². The molecule has 1 amide bonds. The lowest BCUT2D eigenvalue weighted by molar-refractivity contribution is -0.135. The zero-order valence-electron chi connectivity index (χ0n) is 18.8. The third kappa shape index (κ3) is 6.34. The molecule has 0 radical (unpaired) electrons. The molecular formula is C21H42N6O. The largest absolute Gasteiger partial charge is 0.357 e. The molecule has 0 spiro atoms. The van der Waals surface area contributed by atoms with E-state index >= 15 is 0 Å². The Hall–Kier alpha value is -1.34. The van der Waals surface area contributed by atoms with Gasteiger partial charge in [0, 0.05) is 58.4 Å². The highest BCUT2D eigenvalue weighted by molar-refractivity contribution is 5.82. The minimum Gasteiger partial charge on any atom is -0.357 e. The van der Waals surface area contributed by atoms with Gasteiger partial charge in [-0.15, -0.1) is 0 Å². The van der Waals surface area contributed by atoms with Gasteiger partial charge < -0.3 is 20.0 Å². The zero-order chi connectivity index (χ0) is 20.5. The number of nitrogens with one attached hydrogen (secondary N) is 1. The van der Waals surface area contributed by atoms with Crippen LogP contribution < -0.4 is 5.32 Å². The highest BCUT2D eigenvalue weighted by Gasteiger charge is 2.30. The van der Waals surface area contributed by atoms with Gasteiger partial charge in [0.1, 0.15) is 0 Å². The van der Waals surface area contributed by atoms with Crippen LogP contribution in [0.1, 0.15) is 47.0 Å². The fourth-order valence-electron chi connectivity index (χ4n) is 3.95. The van der Waals surface area contributed by atoms with Gasteiger partial charge in [-0.2, -0.15) is 0 Å². The summed E-state index contributed by atoms with van der Waals surface area (Å²) in [5, 5.41) is 3.44. The SMILES string of the molecule is CCNC(=NCCN(C)C(C)CC)N1CCN(C(C)C(=O)N2CCCC2)CC1. The molecule has 0 aromatic rings. The monoisotopic (exact) mass is 394 g/mol. The van der Waals surface area contributed by atoms with Crippen LogP contribution in [0.25, 0.3) is 0 Å². The average Bonchev–Trinajstić information content (AvgIpc) is 3.26. The Morgan fingerprint density at radius 3 is 2.25 bits per heavy atom. The van der Waals surface area contributed by atoms with E-state index in [-0.39, 0.29) is 6.04 Å². The van der Waals surface area contributed by atoms with Crippen LogP contribution in [-0.4, -0.2) is 110 Å². The zero-order valence-corrected chi connectivity index (χ0v) is 18.8. The lowest BCUT2D eigenvalue weighted by Gasteiger charge is -2.39. The Kier molecular flexibility index (Phi) is 9.51. The van der Waals surface area contributed by atoms with E-state index in [2.05, 4.69) is 54.8 Å². The fourth-order valence-corrected chi connectivity index (χ4v) is 3.95. The molecule has 2 rings (SSSR count). The van der Waals surface area contributed by atoms with Crippen LogP contribution in [0.5, 0.6) is 0 Å². The van der Waals surface area contributed by atoms with Crippen LogP contribution in [0.4, 0.5) is 0 Å². The highest BCUT2D eigenvalue weighted by atomic mass is 16.2. The molecule has 7 heteroatoms. The van der Waals surface area contributed by atoms with Crippen molar-refractivity contribution < 1.29 is 4.79 Å². The molecule has 7 nitrogen and oxygen atoms in total. The maximum atomic E-state index is 12.7. The molecule has 0 aliphatic carbocycles. The molecule has 2 heterocycles. The maximum Gasteiger partial charge on any atom is 0.239 e. The third-order valence-electron chi connectivity index (χ3n) is 6.33. The Morgan fingerprint density at radius 1 is 1.04 bits per heavy atom. The van der Waals surface area contributed by atoms with Gasteiger partial charge in [-0.3, -0.25) is 14.7 Å². The number of guanidine groups is 1. The van der Waals surface area contributed by atoms with Crippen molar-refractivity contribution in [2.75, 3.05) is 66.0 Å². The summed E-state index contributed by atoms with van der Waals surface area (Å²) < 4.78 is 0. The highest BCUT2D eigenvalue weighted by Crippen LogP contribution is 2.14. The summed E-state index contributed by atoms with van der Waals surface area (Å²) in [7, 11) is 2.17. The van der Waals surface area contributed by atoms with Crippen molar-refractivity contribution in [2.24, 2.45) is 4.99 Å².